The van der Waals surface area contributed by atoms with Crippen LogP contribution in [0.1, 0.15) is 6.92 Å². The Balaban J connectivity index is 2.67. The van der Waals surface area contributed by atoms with E-state index in [4.69, 9.17) is 0 Å². The number of nitrogens with one attached hydrogen (secondary N) is 1. The topological polar surface area (TPSA) is 75.5 Å². The summed E-state index contributed by atoms with van der Waals surface area (Å²) in [6, 6.07) is 4.68. The summed E-state index contributed by atoms with van der Waals surface area (Å²) < 4.78 is 0.541. The van der Waals surface area contributed by atoms with E-state index in [2.05, 4.69) is 5.32 Å². The van der Waals surface area contributed by atoms with Crippen molar-refractivity contribution < 1.29 is 9.72 Å². The number of carbonyl (C=O) groups is 1. The third kappa shape index (κ3) is 3.83. The Hall–Kier alpha value is -1.38. The average Bonchev–Trinajstić information content (AvgIpc) is 2.34. The monoisotopic (exact) mass is 363 g/mol. The fourth-order valence-electron chi connectivity index (χ4n) is 1.25. The van der Waals surface area contributed by atoms with Gasteiger partial charge in [0.15, 0.2) is 0 Å². The Labute approximate surface area is 119 Å². The van der Waals surface area contributed by atoms with Gasteiger partial charge < -0.3 is 10.2 Å². The number of halogens is 1. The van der Waals surface area contributed by atoms with Crippen LogP contribution in [0.2, 0.25) is 0 Å². The molecule has 0 spiro atoms. The fraction of sp³-hybridized carbons (Fsp3) is 0.364. The molecule has 1 aromatic rings. The predicted octanol–water partition coefficient (Wildman–Crippen LogP) is 2.09. The minimum atomic E-state index is -0.429. The highest BCUT2D eigenvalue weighted by Crippen LogP contribution is 2.23. The summed E-state index contributed by atoms with van der Waals surface area (Å²) in [7, 11) is 1.73. The van der Waals surface area contributed by atoms with E-state index in [9.17, 15) is 14.9 Å². The van der Waals surface area contributed by atoms with Gasteiger partial charge in [-0.15, -0.1) is 0 Å². The van der Waals surface area contributed by atoms with Gasteiger partial charge >= 0.3 is 0 Å². The third-order valence-electron chi connectivity index (χ3n) is 2.49. The van der Waals surface area contributed by atoms with Crippen LogP contribution in [-0.2, 0) is 4.79 Å². The van der Waals surface area contributed by atoms with E-state index < -0.39 is 4.92 Å². The van der Waals surface area contributed by atoms with Gasteiger partial charge in [0.05, 0.1) is 15.0 Å². The summed E-state index contributed by atoms with van der Waals surface area (Å²) in [6.45, 7) is 2.73. The third-order valence-corrected chi connectivity index (χ3v) is 3.35. The largest absolute Gasteiger partial charge is 0.376 e. The van der Waals surface area contributed by atoms with Crippen LogP contribution < -0.4 is 5.32 Å². The summed E-state index contributed by atoms with van der Waals surface area (Å²) in [5, 5.41) is 13.6. The Morgan fingerprint density at radius 1 is 1.56 bits per heavy atom. The number of likely N-dealkylation sites (N-methyl/N-ethyl adjacent to an activating group) is 1. The smallest absolute Gasteiger partial charge is 0.282 e. The first-order valence-corrected chi connectivity index (χ1v) is 6.45. The lowest BCUT2D eigenvalue weighted by atomic mass is 10.3. The van der Waals surface area contributed by atoms with Crippen LogP contribution in [0.15, 0.2) is 18.2 Å². The first-order valence-electron chi connectivity index (χ1n) is 5.37. The standard InChI is InChI=1S/C11H14IN3O3/c1-3-14(2)11(16)7-13-8-4-5-10(15(17)18)9(12)6-8/h4-6,13H,3,7H2,1-2H3. The summed E-state index contributed by atoms with van der Waals surface area (Å²) in [4.78, 5) is 23.4. The first kappa shape index (κ1) is 14.7. The molecule has 1 rings (SSSR count). The van der Waals surface area contributed by atoms with Crippen LogP contribution in [0.5, 0.6) is 0 Å². The van der Waals surface area contributed by atoms with Crippen molar-refractivity contribution in [2.45, 2.75) is 6.92 Å². The van der Waals surface area contributed by atoms with Crippen LogP contribution in [0.25, 0.3) is 0 Å². The normalized spacial score (nSPS) is 9.94. The van der Waals surface area contributed by atoms with Crippen molar-refractivity contribution in [1.29, 1.82) is 0 Å². The number of carbonyl (C=O) groups excluding carboxylic acids is 1. The van der Waals surface area contributed by atoms with Crippen LogP contribution in [0, 0.1) is 13.7 Å². The van der Waals surface area contributed by atoms with Gasteiger partial charge in [0.25, 0.3) is 5.69 Å². The Morgan fingerprint density at radius 2 is 2.22 bits per heavy atom. The second kappa shape index (κ2) is 6.53. The highest BCUT2D eigenvalue weighted by Gasteiger charge is 2.12. The highest BCUT2D eigenvalue weighted by atomic mass is 127. The second-order valence-electron chi connectivity index (χ2n) is 3.68. The van der Waals surface area contributed by atoms with Crippen LogP contribution in [0.4, 0.5) is 11.4 Å². The number of hydrogen-bond acceptors (Lipinski definition) is 4. The molecule has 0 heterocycles. The zero-order valence-corrected chi connectivity index (χ0v) is 12.3. The van der Waals surface area contributed by atoms with Crippen LogP contribution in [-0.4, -0.2) is 35.9 Å². The molecule has 98 valence electrons. The summed E-state index contributed by atoms with van der Waals surface area (Å²) in [5.41, 5.74) is 0.765. The summed E-state index contributed by atoms with van der Waals surface area (Å²) >= 11 is 1.90. The van der Waals surface area contributed by atoms with Crippen molar-refractivity contribution in [2.75, 3.05) is 25.5 Å². The number of benzene rings is 1. The zero-order valence-electron chi connectivity index (χ0n) is 10.1. The molecule has 0 unspecified atom stereocenters. The van der Waals surface area contributed by atoms with Crippen molar-refractivity contribution in [3.63, 3.8) is 0 Å². The summed E-state index contributed by atoms with van der Waals surface area (Å²) in [5.74, 6) is -0.0224. The van der Waals surface area contributed by atoms with Gasteiger partial charge in [-0.05, 0) is 41.6 Å². The molecule has 0 aliphatic carbocycles. The summed E-state index contributed by atoms with van der Waals surface area (Å²) in [6.07, 6.45) is 0. The molecular formula is C11H14IN3O3. The molecule has 0 aromatic heterocycles. The molecule has 1 N–H and O–H groups in total. The molecule has 0 saturated heterocycles. The van der Waals surface area contributed by atoms with Gasteiger partial charge in [0.2, 0.25) is 5.91 Å². The number of nitrogens with zero attached hydrogens (tertiary/aromatic N) is 2. The quantitative estimate of drug-likeness (QED) is 0.494. The maximum absolute atomic E-state index is 11.6. The van der Waals surface area contributed by atoms with Gasteiger partial charge in [-0.1, -0.05) is 0 Å². The predicted molar refractivity (Wildman–Crippen MR) is 77.6 cm³/mol. The van der Waals surface area contributed by atoms with Gasteiger partial charge in [-0.25, -0.2) is 0 Å². The van der Waals surface area contributed by atoms with Crippen molar-refractivity contribution in [3.05, 3.63) is 31.9 Å². The lowest BCUT2D eigenvalue weighted by Crippen LogP contribution is -2.31. The van der Waals surface area contributed by atoms with Crippen molar-refractivity contribution in [3.8, 4) is 0 Å². The number of amides is 1. The van der Waals surface area contributed by atoms with E-state index in [0.29, 0.717) is 15.8 Å². The number of hydrogen-bond donors (Lipinski definition) is 1. The van der Waals surface area contributed by atoms with Gasteiger partial charge in [0.1, 0.15) is 0 Å². The molecule has 0 saturated carbocycles. The molecule has 7 heteroatoms. The maximum Gasteiger partial charge on any atom is 0.282 e. The van der Waals surface area contributed by atoms with E-state index in [0.717, 1.165) is 0 Å². The molecule has 0 fully saturated rings. The molecule has 0 bridgehead atoms. The van der Waals surface area contributed by atoms with E-state index in [1.807, 2.05) is 29.5 Å². The van der Waals surface area contributed by atoms with Gasteiger partial charge in [0, 0.05) is 25.3 Å². The Bertz CT molecular complexity index is 465. The van der Waals surface area contributed by atoms with Gasteiger partial charge in [-0.3, -0.25) is 14.9 Å². The minimum Gasteiger partial charge on any atom is -0.376 e. The lowest BCUT2D eigenvalue weighted by Gasteiger charge is -2.15. The molecule has 0 atom stereocenters. The van der Waals surface area contributed by atoms with E-state index in [1.54, 1.807) is 24.1 Å². The van der Waals surface area contributed by atoms with E-state index >= 15 is 0 Å². The SMILES string of the molecule is CCN(C)C(=O)CNc1ccc([N+](=O)[O-])c(I)c1. The van der Waals surface area contributed by atoms with E-state index in [-0.39, 0.29) is 18.1 Å². The zero-order chi connectivity index (χ0) is 13.7. The molecule has 0 radical (unpaired) electrons. The molecule has 1 amide bonds. The Kier molecular flexibility index (Phi) is 5.32. The minimum absolute atomic E-state index is 0.0224. The van der Waals surface area contributed by atoms with Crippen molar-refractivity contribution >= 4 is 39.9 Å². The van der Waals surface area contributed by atoms with Crippen molar-refractivity contribution in [1.82, 2.24) is 4.90 Å². The number of nitro groups is 1. The number of anilines is 1. The molecule has 0 aliphatic heterocycles. The second-order valence-corrected chi connectivity index (χ2v) is 4.85. The van der Waals surface area contributed by atoms with Crippen LogP contribution >= 0.6 is 22.6 Å². The molecule has 6 nitrogen and oxygen atoms in total. The van der Waals surface area contributed by atoms with E-state index in [1.165, 1.54) is 6.07 Å². The molecular weight excluding hydrogens is 349 g/mol. The lowest BCUT2D eigenvalue weighted by molar-refractivity contribution is -0.385. The molecule has 1 aromatic carbocycles. The Morgan fingerprint density at radius 3 is 2.72 bits per heavy atom. The molecule has 18 heavy (non-hydrogen) atoms. The van der Waals surface area contributed by atoms with Crippen molar-refractivity contribution in [2.24, 2.45) is 0 Å². The molecule has 0 aliphatic rings. The average molecular weight is 363 g/mol. The van der Waals surface area contributed by atoms with Crippen LogP contribution in [0.3, 0.4) is 0 Å². The van der Waals surface area contributed by atoms with Gasteiger partial charge in [-0.2, -0.15) is 0 Å². The first-order chi connectivity index (χ1) is 8.45. The maximum atomic E-state index is 11.6. The highest BCUT2D eigenvalue weighted by molar-refractivity contribution is 14.1. The number of nitro benzene ring substituents is 1. The number of rotatable bonds is 5. The fourth-order valence-corrected chi connectivity index (χ4v) is 1.97.